The zero-order chi connectivity index (χ0) is 16.3. The molecule has 1 amide bonds. The Balaban J connectivity index is 2.29. The topological polar surface area (TPSA) is 84.2 Å². The molecule has 22 heavy (non-hydrogen) atoms. The Morgan fingerprint density at radius 1 is 1.27 bits per heavy atom. The summed E-state index contributed by atoms with van der Waals surface area (Å²) in [6, 6.07) is 8.49. The number of hydrogen-bond donors (Lipinski definition) is 2. The molecule has 2 aromatic rings. The van der Waals surface area contributed by atoms with Crippen LogP contribution in [0.3, 0.4) is 0 Å². The molecule has 116 valence electrons. The Morgan fingerprint density at radius 3 is 2.41 bits per heavy atom. The monoisotopic (exact) mass is 301 g/mol. The van der Waals surface area contributed by atoms with Crippen molar-refractivity contribution in [2.75, 3.05) is 0 Å². The largest absolute Gasteiger partial charge is 0.481 e. The van der Waals surface area contributed by atoms with Gasteiger partial charge in [-0.15, -0.1) is 0 Å². The second kappa shape index (κ2) is 6.43. The van der Waals surface area contributed by atoms with E-state index in [2.05, 4.69) is 10.4 Å². The number of carboxylic acids is 1. The van der Waals surface area contributed by atoms with Crippen molar-refractivity contribution in [3.05, 3.63) is 53.3 Å². The molecule has 2 rings (SSSR count). The van der Waals surface area contributed by atoms with Crippen LogP contribution in [0.1, 0.15) is 34.6 Å². The number of amides is 1. The van der Waals surface area contributed by atoms with Gasteiger partial charge in [0, 0.05) is 13.2 Å². The number of hydrogen-bond acceptors (Lipinski definition) is 3. The van der Waals surface area contributed by atoms with Crippen molar-refractivity contribution < 1.29 is 14.7 Å². The lowest BCUT2D eigenvalue weighted by Gasteiger charge is -2.22. The fraction of sp³-hybridized carbons (Fsp3) is 0.312. The molecule has 1 aromatic carbocycles. The summed E-state index contributed by atoms with van der Waals surface area (Å²) < 4.78 is 1.56. The van der Waals surface area contributed by atoms with Crippen molar-refractivity contribution >= 4 is 11.9 Å². The highest BCUT2D eigenvalue weighted by atomic mass is 16.4. The Hall–Kier alpha value is -2.63. The summed E-state index contributed by atoms with van der Waals surface area (Å²) in [7, 11) is 1.73. The number of aliphatic carboxylic acids is 1. The van der Waals surface area contributed by atoms with Crippen LogP contribution in [0.4, 0.5) is 0 Å². The van der Waals surface area contributed by atoms with Crippen LogP contribution in [0.25, 0.3) is 0 Å². The fourth-order valence-electron chi connectivity index (χ4n) is 2.34. The van der Waals surface area contributed by atoms with Crippen LogP contribution < -0.4 is 5.32 Å². The Kier molecular flexibility index (Phi) is 4.60. The third-order valence-corrected chi connectivity index (χ3v) is 3.59. The number of carbonyl (C=O) groups excluding carboxylic acids is 1. The fourth-order valence-corrected chi connectivity index (χ4v) is 2.34. The zero-order valence-electron chi connectivity index (χ0n) is 12.8. The summed E-state index contributed by atoms with van der Waals surface area (Å²) in [6.45, 7) is 3.32. The van der Waals surface area contributed by atoms with Gasteiger partial charge >= 0.3 is 5.97 Å². The van der Waals surface area contributed by atoms with Gasteiger partial charge in [0.05, 0.1) is 23.2 Å². The van der Waals surface area contributed by atoms with E-state index >= 15 is 0 Å². The van der Waals surface area contributed by atoms with Crippen LogP contribution in [0, 0.1) is 12.8 Å². The molecule has 0 fully saturated rings. The van der Waals surface area contributed by atoms with E-state index in [1.54, 1.807) is 43.9 Å². The van der Waals surface area contributed by atoms with Crippen molar-refractivity contribution in [3.8, 4) is 0 Å². The number of rotatable bonds is 5. The van der Waals surface area contributed by atoms with Crippen LogP contribution in [-0.2, 0) is 11.8 Å². The number of carboxylic acid groups (broad SMARTS) is 1. The lowest BCUT2D eigenvalue weighted by molar-refractivity contribution is -0.142. The molecule has 0 aliphatic heterocycles. The molecule has 6 heteroatoms. The molecule has 0 aliphatic carbocycles. The van der Waals surface area contributed by atoms with Gasteiger partial charge in [-0.1, -0.05) is 30.3 Å². The minimum Gasteiger partial charge on any atom is -0.481 e. The minimum absolute atomic E-state index is 0.326. The molecule has 0 radical (unpaired) electrons. The first kappa shape index (κ1) is 15.8. The van der Waals surface area contributed by atoms with Gasteiger partial charge < -0.3 is 10.4 Å². The first-order valence-electron chi connectivity index (χ1n) is 6.99. The van der Waals surface area contributed by atoms with Crippen LogP contribution >= 0.6 is 0 Å². The molecule has 1 aromatic heterocycles. The Bertz CT molecular complexity index is 679. The third-order valence-electron chi connectivity index (χ3n) is 3.59. The molecule has 0 bridgehead atoms. The van der Waals surface area contributed by atoms with Crippen molar-refractivity contribution in [2.24, 2.45) is 13.0 Å². The van der Waals surface area contributed by atoms with Gasteiger partial charge in [0.25, 0.3) is 5.91 Å². The molecule has 2 unspecified atom stereocenters. The first-order valence-corrected chi connectivity index (χ1v) is 6.99. The van der Waals surface area contributed by atoms with E-state index in [-0.39, 0.29) is 5.91 Å². The predicted octanol–water partition coefficient (Wildman–Crippen LogP) is 1.92. The average Bonchev–Trinajstić information content (AvgIpc) is 2.83. The van der Waals surface area contributed by atoms with Crippen LogP contribution in [0.15, 0.2) is 36.5 Å². The van der Waals surface area contributed by atoms with E-state index in [1.165, 1.54) is 0 Å². The Labute approximate surface area is 128 Å². The normalized spacial score (nSPS) is 13.4. The molecule has 0 saturated heterocycles. The number of aromatic nitrogens is 2. The van der Waals surface area contributed by atoms with E-state index in [0.29, 0.717) is 11.3 Å². The van der Waals surface area contributed by atoms with Crippen LogP contribution in [0.2, 0.25) is 0 Å². The van der Waals surface area contributed by atoms with E-state index < -0.39 is 17.9 Å². The van der Waals surface area contributed by atoms with E-state index in [0.717, 1.165) is 5.56 Å². The van der Waals surface area contributed by atoms with Crippen LogP contribution in [0.5, 0.6) is 0 Å². The maximum Gasteiger partial charge on any atom is 0.308 e. The van der Waals surface area contributed by atoms with Gasteiger partial charge in [0.1, 0.15) is 0 Å². The molecule has 1 heterocycles. The smallest absolute Gasteiger partial charge is 0.308 e. The maximum absolute atomic E-state index is 12.4. The molecule has 2 N–H and O–H groups in total. The summed E-state index contributed by atoms with van der Waals surface area (Å²) in [6.07, 6.45) is 1.62. The van der Waals surface area contributed by atoms with Crippen LogP contribution in [-0.4, -0.2) is 26.8 Å². The summed E-state index contributed by atoms with van der Waals surface area (Å²) >= 11 is 0. The predicted molar refractivity (Wildman–Crippen MR) is 81.4 cm³/mol. The SMILES string of the molecule is Cc1nn(C)cc1C(=O)NC(c1ccccc1)C(C)C(=O)O. The summed E-state index contributed by atoms with van der Waals surface area (Å²) in [5, 5.41) is 16.2. The molecular formula is C16H19N3O3. The van der Waals surface area contributed by atoms with Gasteiger partial charge in [-0.05, 0) is 19.4 Å². The maximum atomic E-state index is 12.4. The van der Waals surface area contributed by atoms with Crippen molar-refractivity contribution in [3.63, 3.8) is 0 Å². The quantitative estimate of drug-likeness (QED) is 0.883. The molecule has 6 nitrogen and oxygen atoms in total. The van der Waals surface area contributed by atoms with Crippen molar-refractivity contribution in [1.82, 2.24) is 15.1 Å². The standard InChI is InChI=1S/C16H19N3O3/c1-10(16(21)22)14(12-7-5-4-6-8-12)17-15(20)13-9-19(3)18-11(13)2/h4-10,14H,1-3H3,(H,17,20)(H,21,22). The minimum atomic E-state index is -0.961. The highest BCUT2D eigenvalue weighted by Crippen LogP contribution is 2.23. The van der Waals surface area contributed by atoms with E-state index in [1.807, 2.05) is 18.2 Å². The third kappa shape index (κ3) is 3.33. The van der Waals surface area contributed by atoms with Gasteiger partial charge in [-0.3, -0.25) is 14.3 Å². The zero-order valence-corrected chi connectivity index (χ0v) is 12.8. The summed E-state index contributed by atoms with van der Waals surface area (Å²) in [5.41, 5.74) is 1.81. The number of nitrogens with one attached hydrogen (secondary N) is 1. The number of nitrogens with zero attached hydrogens (tertiary/aromatic N) is 2. The molecule has 0 aliphatic rings. The average molecular weight is 301 g/mol. The second-order valence-electron chi connectivity index (χ2n) is 5.29. The Morgan fingerprint density at radius 2 is 1.91 bits per heavy atom. The first-order chi connectivity index (χ1) is 10.4. The lowest BCUT2D eigenvalue weighted by atomic mass is 9.94. The van der Waals surface area contributed by atoms with Gasteiger partial charge in [0.15, 0.2) is 0 Å². The highest BCUT2D eigenvalue weighted by Gasteiger charge is 2.27. The lowest BCUT2D eigenvalue weighted by Crippen LogP contribution is -2.35. The molecule has 0 saturated carbocycles. The number of carbonyl (C=O) groups is 2. The number of benzene rings is 1. The van der Waals surface area contributed by atoms with Gasteiger partial charge in [-0.25, -0.2) is 0 Å². The van der Waals surface area contributed by atoms with Crippen molar-refractivity contribution in [2.45, 2.75) is 19.9 Å². The van der Waals surface area contributed by atoms with Gasteiger partial charge in [0.2, 0.25) is 0 Å². The molecule has 0 spiro atoms. The van der Waals surface area contributed by atoms with E-state index in [4.69, 9.17) is 0 Å². The number of aryl methyl sites for hydroxylation is 2. The van der Waals surface area contributed by atoms with Gasteiger partial charge in [-0.2, -0.15) is 5.10 Å². The highest BCUT2D eigenvalue weighted by molar-refractivity contribution is 5.95. The second-order valence-corrected chi connectivity index (χ2v) is 5.29. The van der Waals surface area contributed by atoms with Crippen molar-refractivity contribution in [1.29, 1.82) is 0 Å². The molecule has 2 atom stereocenters. The molecular weight excluding hydrogens is 282 g/mol. The summed E-state index contributed by atoms with van der Waals surface area (Å²) in [5.74, 6) is -2.03. The van der Waals surface area contributed by atoms with E-state index in [9.17, 15) is 14.7 Å². The summed E-state index contributed by atoms with van der Waals surface area (Å²) in [4.78, 5) is 23.8.